The van der Waals surface area contributed by atoms with Crippen molar-refractivity contribution in [2.24, 2.45) is 5.92 Å². The van der Waals surface area contributed by atoms with Crippen LogP contribution in [-0.4, -0.2) is 62.2 Å². The van der Waals surface area contributed by atoms with E-state index in [0.29, 0.717) is 6.42 Å². The number of alkyl carbamates (subject to hydrolysis) is 1. The second-order valence-corrected chi connectivity index (χ2v) is 8.75. The van der Waals surface area contributed by atoms with E-state index in [0.717, 1.165) is 11.6 Å². The number of carbonyl (C=O) groups excluding carboxylic acids is 3. The molecular formula is C24H33NO8. The average Bonchev–Trinajstić information content (AvgIpc) is 2.78. The molecule has 1 aromatic rings. The summed E-state index contributed by atoms with van der Waals surface area (Å²) >= 11 is 0. The molecule has 9 nitrogen and oxygen atoms in total. The Hall–Kier alpha value is -3.07. The first kappa shape index (κ1) is 26.2. The first-order valence-electron chi connectivity index (χ1n) is 10.8. The van der Waals surface area contributed by atoms with Crippen LogP contribution in [0.1, 0.15) is 33.3 Å². The fourth-order valence-corrected chi connectivity index (χ4v) is 3.33. The fraction of sp³-hybridized carbons (Fsp3) is 0.542. The van der Waals surface area contributed by atoms with Gasteiger partial charge in [-0.3, -0.25) is 0 Å². The predicted octanol–water partition coefficient (Wildman–Crippen LogP) is 2.77. The quantitative estimate of drug-likeness (QED) is 0.297. The number of nitrogens with one attached hydrogen (secondary N) is 1. The van der Waals surface area contributed by atoms with Crippen LogP contribution in [0.15, 0.2) is 42.7 Å². The van der Waals surface area contributed by atoms with Gasteiger partial charge in [-0.2, -0.15) is 0 Å². The smallest absolute Gasteiger partial charge is 0.408 e. The standard InChI is InChI=1S/C24H33NO8/c1-16-21(31-12-11-20(26)29-5)18(13-17-9-7-6-8-10-17)14-30-15-19(22(27)32-16)25-23(28)33-24(2,3)4/h6-12,16,18-19,21H,13-15H2,1-5H3,(H,25,28). The van der Waals surface area contributed by atoms with E-state index in [4.69, 9.17) is 18.9 Å². The molecule has 0 spiro atoms. The van der Waals surface area contributed by atoms with Crippen LogP contribution in [0.4, 0.5) is 4.79 Å². The lowest BCUT2D eigenvalue weighted by Crippen LogP contribution is -2.47. The van der Waals surface area contributed by atoms with Crippen LogP contribution in [-0.2, 0) is 39.7 Å². The van der Waals surface area contributed by atoms with Crippen molar-refractivity contribution in [2.45, 2.75) is 58.0 Å². The molecule has 1 fully saturated rings. The van der Waals surface area contributed by atoms with Crippen molar-refractivity contribution in [3.05, 3.63) is 48.2 Å². The molecule has 1 saturated heterocycles. The zero-order valence-electron chi connectivity index (χ0n) is 19.7. The molecule has 0 aliphatic carbocycles. The molecule has 2 rings (SSSR count). The van der Waals surface area contributed by atoms with Crippen molar-refractivity contribution in [3.63, 3.8) is 0 Å². The molecule has 9 heteroatoms. The van der Waals surface area contributed by atoms with Gasteiger partial charge in [-0.05, 0) is 39.7 Å². The van der Waals surface area contributed by atoms with E-state index in [2.05, 4.69) is 10.1 Å². The van der Waals surface area contributed by atoms with E-state index in [1.54, 1.807) is 27.7 Å². The van der Waals surface area contributed by atoms with Crippen LogP contribution >= 0.6 is 0 Å². The Morgan fingerprint density at radius 3 is 2.52 bits per heavy atom. The van der Waals surface area contributed by atoms with Crippen molar-refractivity contribution in [1.29, 1.82) is 0 Å². The first-order valence-corrected chi connectivity index (χ1v) is 10.8. The van der Waals surface area contributed by atoms with Gasteiger partial charge >= 0.3 is 18.0 Å². The zero-order chi connectivity index (χ0) is 24.4. The van der Waals surface area contributed by atoms with Crippen LogP contribution in [0, 0.1) is 5.92 Å². The molecule has 4 atom stereocenters. The summed E-state index contributed by atoms with van der Waals surface area (Å²) < 4.78 is 27.1. The van der Waals surface area contributed by atoms with Gasteiger partial charge in [-0.25, -0.2) is 14.4 Å². The molecule has 1 heterocycles. The zero-order valence-corrected chi connectivity index (χ0v) is 19.7. The lowest BCUT2D eigenvalue weighted by atomic mass is 9.91. The number of carbonyl (C=O) groups is 3. The molecule has 182 valence electrons. The lowest BCUT2D eigenvalue weighted by molar-refractivity contribution is -0.157. The molecule has 4 unspecified atom stereocenters. The van der Waals surface area contributed by atoms with E-state index in [1.807, 2.05) is 30.3 Å². The van der Waals surface area contributed by atoms with Crippen molar-refractivity contribution in [3.8, 4) is 0 Å². The van der Waals surface area contributed by atoms with E-state index in [9.17, 15) is 14.4 Å². The molecule has 0 radical (unpaired) electrons. The van der Waals surface area contributed by atoms with E-state index in [1.165, 1.54) is 13.4 Å². The Morgan fingerprint density at radius 2 is 1.88 bits per heavy atom. The number of benzene rings is 1. The highest BCUT2D eigenvalue weighted by Crippen LogP contribution is 2.23. The maximum absolute atomic E-state index is 12.8. The highest BCUT2D eigenvalue weighted by atomic mass is 16.6. The maximum Gasteiger partial charge on any atom is 0.408 e. The van der Waals surface area contributed by atoms with Gasteiger partial charge in [0, 0.05) is 5.92 Å². The van der Waals surface area contributed by atoms with E-state index < -0.39 is 41.9 Å². The number of hydrogen-bond donors (Lipinski definition) is 1. The number of cyclic esters (lactones) is 1. The van der Waals surface area contributed by atoms with Gasteiger partial charge in [0.1, 0.15) is 17.8 Å². The minimum absolute atomic E-state index is 0.0825. The monoisotopic (exact) mass is 463 g/mol. The second kappa shape index (κ2) is 12.2. The third-order valence-corrected chi connectivity index (χ3v) is 4.80. The molecule has 1 aliphatic rings. The first-order chi connectivity index (χ1) is 15.6. The number of rotatable bonds is 6. The van der Waals surface area contributed by atoms with E-state index in [-0.39, 0.29) is 19.1 Å². The molecule has 0 saturated carbocycles. The third kappa shape index (κ3) is 9.13. The summed E-state index contributed by atoms with van der Waals surface area (Å²) in [6, 6.07) is 8.72. The summed E-state index contributed by atoms with van der Waals surface area (Å²) in [5.41, 5.74) is 0.338. The van der Waals surface area contributed by atoms with Crippen molar-refractivity contribution >= 4 is 18.0 Å². The van der Waals surface area contributed by atoms with E-state index >= 15 is 0 Å². The summed E-state index contributed by atoms with van der Waals surface area (Å²) in [6.45, 7) is 7.03. The van der Waals surface area contributed by atoms with Gasteiger partial charge in [-0.15, -0.1) is 0 Å². The largest absolute Gasteiger partial charge is 0.494 e. The minimum Gasteiger partial charge on any atom is -0.494 e. The molecule has 1 N–H and O–H groups in total. The van der Waals surface area contributed by atoms with Gasteiger partial charge in [0.2, 0.25) is 0 Å². The Bertz CT molecular complexity index is 818. The van der Waals surface area contributed by atoms with Crippen LogP contribution in [0.5, 0.6) is 0 Å². The highest BCUT2D eigenvalue weighted by Gasteiger charge is 2.36. The SMILES string of the molecule is COC(=O)C=COC1C(Cc2ccccc2)COCC(NC(=O)OC(C)(C)C)C(=O)OC1C. The fourth-order valence-electron chi connectivity index (χ4n) is 3.33. The molecule has 0 bridgehead atoms. The van der Waals surface area contributed by atoms with Crippen molar-refractivity contribution in [2.75, 3.05) is 20.3 Å². The highest BCUT2D eigenvalue weighted by molar-refractivity contribution is 5.82. The van der Waals surface area contributed by atoms with Crippen LogP contribution in [0.3, 0.4) is 0 Å². The number of hydrogen-bond acceptors (Lipinski definition) is 8. The van der Waals surface area contributed by atoms with Crippen LogP contribution < -0.4 is 5.32 Å². The Morgan fingerprint density at radius 1 is 1.18 bits per heavy atom. The lowest BCUT2D eigenvalue weighted by Gasteiger charge is -2.30. The Balaban J connectivity index is 2.19. The third-order valence-electron chi connectivity index (χ3n) is 4.80. The van der Waals surface area contributed by atoms with Crippen LogP contribution in [0.25, 0.3) is 0 Å². The predicted molar refractivity (Wildman–Crippen MR) is 119 cm³/mol. The Kier molecular flexibility index (Phi) is 9.72. The van der Waals surface area contributed by atoms with Gasteiger partial charge in [0.15, 0.2) is 6.04 Å². The van der Waals surface area contributed by atoms with Gasteiger partial charge in [0.25, 0.3) is 0 Å². The van der Waals surface area contributed by atoms with Crippen molar-refractivity contribution in [1.82, 2.24) is 5.32 Å². The second-order valence-electron chi connectivity index (χ2n) is 8.75. The summed E-state index contributed by atoms with van der Waals surface area (Å²) in [4.78, 5) is 36.3. The molecular weight excluding hydrogens is 430 g/mol. The van der Waals surface area contributed by atoms with Gasteiger partial charge in [0.05, 0.1) is 32.7 Å². The molecule has 33 heavy (non-hydrogen) atoms. The topological polar surface area (TPSA) is 109 Å². The van der Waals surface area contributed by atoms with Crippen molar-refractivity contribution < 1.29 is 38.1 Å². The number of ether oxygens (including phenoxy) is 5. The summed E-state index contributed by atoms with van der Waals surface area (Å²) in [7, 11) is 1.26. The number of esters is 2. The molecule has 0 aromatic heterocycles. The number of amides is 1. The number of methoxy groups -OCH3 is 1. The Labute approximate surface area is 194 Å². The molecule has 1 aliphatic heterocycles. The average molecular weight is 464 g/mol. The van der Waals surface area contributed by atoms with Gasteiger partial charge < -0.3 is 29.0 Å². The normalized spacial score (nSPS) is 24.1. The van der Waals surface area contributed by atoms with Crippen LogP contribution in [0.2, 0.25) is 0 Å². The summed E-state index contributed by atoms with van der Waals surface area (Å²) in [5, 5.41) is 2.51. The maximum atomic E-state index is 12.8. The minimum atomic E-state index is -1.04. The summed E-state index contributed by atoms with van der Waals surface area (Å²) in [5.74, 6) is -1.45. The molecule has 1 amide bonds. The molecule has 1 aromatic carbocycles. The summed E-state index contributed by atoms with van der Waals surface area (Å²) in [6.07, 6.45) is 0.911. The van der Waals surface area contributed by atoms with Gasteiger partial charge in [-0.1, -0.05) is 30.3 Å².